The molecule has 116 valence electrons. The molecule has 0 aromatic heterocycles. The fourth-order valence-electron chi connectivity index (χ4n) is 1.91. The van der Waals surface area contributed by atoms with Crippen LogP contribution in [-0.2, 0) is 0 Å². The van der Waals surface area contributed by atoms with Crippen LogP contribution in [0.5, 0.6) is 0 Å². The Balaban J connectivity index is 3.19. The minimum absolute atomic E-state index is 0.0952. The number of nitrogens with zero attached hydrogens (tertiary/aromatic N) is 2. The molecule has 1 aromatic carbocycles. The molecule has 0 unspecified atom stereocenters. The van der Waals surface area contributed by atoms with Gasteiger partial charge in [0.2, 0.25) is 0 Å². The van der Waals surface area contributed by atoms with Gasteiger partial charge in [-0.15, -0.1) is 0 Å². The Hall–Kier alpha value is -2.19. The van der Waals surface area contributed by atoms with Crippen molar-refractivity contribution in [1.82, 2.24) is 4.90 Å². The second kappa shape index (κ2) is 6.51. The third-order valence-electron chi connectivity index (χ3n) is 2.85. The van der Waals surface area contributed by atoms with Gasteiger partial charge in [0.1, 0.15) is 0 Å². The van der Waals surface area contributed by atoms with E-state index in [4.69, 9.17) is 5.84 Å². The van der Waals surface area contributed by atoms with Gasteiger partial charge < -0.3 is 15.4 Å². The molecule has 8 heteroatoms. The summed E-state index contributed by atoms with van der Waals surface area (Å²) < 4.78 is 0. The highest BCUT2D eigenvalue weighted by molar-refractivity contribution is 6.00. The number of hydrogen-bond donors (Lipinski definition) is 3. The van der Waals surface area contributed by atoms with Crippen LogP contribution >= 0.6 is 0 Å². The number of carbonyl (C=O) groups is 1. The Labute approximate surface area is 122 Å². The zero-order chi connectivity index (χ0) is 16.2. The number of hydrogen-bond acceptors (Lipinski definition) is 6. The van der Waals surface area contributed by atoms with Crippen molar-refractivity contribution in [1.29, 1.82) is 0 Å². The Morgan fingerprint density at radius 2 is 2.14 bits per heavy atom. The number of nitrogen functional groups attached to an aromatic ring is 1. The van der Waals surface area contributed by atoms with Gasteiger partial charge in [0.15, 0.2) is 0 Å². The molecular weight excluding hydrogens is 276 g/mol. The molecule has 0 radical (unpaired) electrons. The van der Waals surface area contributed by atoms with Crippen molar-refractivity contribution in [3.8, 4) is 0 Å². The summed E-state index contributed by atoms with van der Waals surface area (Å²) in [5.74, 6) is 4.91. The van der Waals surface area contributed by atoms with Gasteiger partial charge in [-0.1, -0.05) is 0 Å². The summed E-state index contributed by atoms with van der Waals surface area (Å²) in [5.41, 5.74) is 1.47. The summed E-state index contributed by atoms with van der Waals surface area (Å²) in [7, 11) is 0. The summed E-state index contributed by atoms with van der Waals surface area (Å²) in [6, 6.07) is 3.81. The number of nitro groups is 1. The van der Waals surface area contributed by atoms with Gasteiger partial charge in [-0.05, 0) is 26.8 Å². The van der Waals surface area contributed by atoms with E-state index in [0.717, 1.165) is 0 Å². The maximum atomic E-state index is 12.5. The Morgan fingerprint density at radius 1 is 1.52 bits per heavy atom. The quantitative estimate of drug-likeness (QED) is 0.411. The summed E-state index contributed by atoms with van der Waals surface area (Å²) in [5, 5.41) is 20.7. The molecule has 0 aliphatic rings. The topological polar surface area (TPSA) is 122 Å². The number of nitro benzene ring substituents is 1. The van der Waals surface area contributed by atoms with Gasteiger partial charge in [0.05, 0.1) is 21.8 Å². The zero-order valence-corrected chi connectivity index (χ0v) is 12.3. The largest absolute Gasteiger partial charge is 0.389 e. The van der Waals surface area contributed by atoms with Crippen LogP contribution in [0.2, 0.25) is 0 Å². The zero-order valence-electron chi connectivity index (χ0n) is 12.3. The summed E-state index contributed by atoms with van der Waals surface area (Å²) in [6.07, 6.45) is 0. The van der Waals surface area contributed by atoms with Crippen molar-refractivity contribution in [2.24, 2.45) is 5.84 Å². The highest BCUT2D eigenvalue weighted by atomic mass is 16.6. The third-order valence-corrected chi connectivity index (χ3v) is 2.85. The van der Waals surface area contributed by atoms with Crippen LogP contribution < -0.4 is 11.3 Å². The molecule has 0 saturated carbocycles. The van der Waals surface area contributed by atoms with E-state index in [1.165, 1.54) is 23.1 Å². The number of benzene rings is 1. The molecule has 0 heterocycles. The molecule has 0 aliphatic carbocycles. The van der Waals surface area contributed by atoms with E-state index in [0.29, 0.717) is 12.2 Å². The van der Waals surface area contributed by atoms with E-state index < -0.39 is 16.4 Å². The van der Waals surface area contributed by atoms with Crippen molar-refractivity contribution in [3.05, 3.63) is 33.9 Å². The lowest BCUT2D eigenvalue weighted by molar-refractivity contribution is -0.384. The molecule has 0 bridgehead atoms. The van der Waals surface area contributed by atoms with Crippen molar-refractivity contribution >= 4 is 17.3 Å². The third kappa shape index (κ3) is 4.40. The number of non-ortho nitro benzene ring substituents is 1. The molecule has 4 N–H and O–H groups in total. The molecule has 0 fully saturated rings. The number of nitrogens with one attached hydrogen (secondary N) is 1. The number of hydrazine groups is 1. The van der Waals surface area contributed by atoms with E-state index in [2.05, 4.69) is 5.43 Å². The fraction of sp³-hybridized carbons (Fsp3) is 0.462. The molecule has 0 saturated heterocycles. The van der Waals surface area contributed by atoms with Gasteiger partial charge in [0, 0.05) is 25.2 Å². The first kappa shape index (κ1) is 16.9. The van der Waals surface area contributed by atoms with Crippen LogP contribution in [0.3, 0.4) is 0 Å². The number of amides is 1. The normalized spacial score (nSPS) is 11.1. The van der Waals surface area contributed by atoms with Crippen molar-refractivity contribution in [2.45, 2.75) is 26.4 Å². The smallest absolute Gasteiger partial charge is 0.270 e. The number of likely N-dealkylation sites (N-methyl/N-ethyl adjacent to an activating group) is 1. The highest BCUT2D eigenvalue weighted by Gasteiger charge is 2.25. The van der Waals surface area contributed by atoms with E-state index in [1.807, 2.05) is 0 Å². The van der Waals surface area contributed by atoms with Crippen LogP contribution in [0.25, 0.3) is 0 Å². The lowest BCUT2D eigenvalue weighted by atomic mass is 10.1. The SMILES string of the molecule is CCN(CC(C)(C)O)C(=O)c1cc([N+](=O)[O-])ccc1NN. The van der Waals surface area contributed by atoms with Gasteiger partial charge in [-0.25, -0.2) is 0 Å². The van der Waals surface area contributed by atoms with Crippen molar-refractivity contribution in [3.63, 3.8) is 0 Å². The molecule has 1 aromatic rings. The Bertz CT molecular complexity index is 539. The monoisotopic (exact) mass is 296 g/mol. The molecule has 0 aliphatic heterocycles. The van der Waals surface area contributed by atoms with E-state index in [9.17, 15) is 20.0 Å². The van der Waals surface area contributed by atoms with Crippen LogP contribution in [0.1, 0.15) is 31.1 Å². The Morgan fingerprint density at radius 3 is 2.57 bits per heavy atom. The number of aliphatic hydroxyl groups is 1. The van der Waals surface area contributed by atoms with E-state index in [1.54, 1.807) is 20.8 Å². The average Bonchev–Trinajstić information content (AvgIpc) is 2.42. The molecular formula is C13H20N4O4. The van der Waals surface area contributed by atoms with Crippen LogP contribution in [0.15, 0.2) is 18.2 Å². The number of nitrogens with two attached hydrogens (primary N) is 1. The first-order valence-corrected chi connectivity index (χ1v) is 6.46. The first-order chi connectivity index (χ1) is 9.69. The predicted molar refractivity (Wildman–Crippen MR) is 78.8 cm³/mol. The Kier molecular flexibility index (Phi) is 5.23. The molecule has 21 heavy (non-hydrogen) atoms. The first-order valence-electron chi connectivity index (χ1n) is 6.46. The minimum Gasteiger partial charge on any atom is -0.389 e. The van der Waals surface area contributed by atoms with Gasteiger partial charge >= 0.3 is 0 Å². The average molecular weight is 296 g/mol. The molecule has 0 atom stereocenters. The number of rotatable bonds is 6. The minimum atomic E-state index is -1.07. The van der Waals surface area contributed by atoms with Gasteiger partial charge in [-0.2, -0.15) is 0 Å². The predicted octanol–water partition coefficient (Wildman–Crippen LogP) is 1.11. The second-order valence-electron chi connectivity index (χ2n) is 5.26. The summed E-state index contributed by atoms with van der Waals surface area (Å²) in [4.78, 5) is 24.2. The highest BCUT2D eigenvalue weighted by Crippen LogP contribution is 2.23. The molecule has 1 rings (SSSR count). The maximum Gasteiger partial charge on any atom is 0.270 e. The number of anilines is 1. The van der Waals surface area contributed by atoms with Crippen molar-refractivity contribution < 1.29 is 14.8 Å². The lowest BCUT2D eigenvalue weighted by Crippen LogP contribution is -2.42. The summed E-state index contributed by atoms with van der Waals surface area (Å²) >= 11 is 0. The van der Waals surface area contributed by atoms with E-state index >= 15 is 0 Å². The number of carbonyl (C=O) groups excluding carboxylic acids is 1. The lowest BCUT2D eigenvalue weighted by Gasteiger charge is -2.28. The van der Waals surface area contributed by atoms with Crippen LogP contribution in [0.4, 0.5) is 11.4 Å². The van der Waals surface area contributed by atoms with E-state index in [-0.39, 0.29) is 17.8 Å². The maximum absolute atomic E-state index is 12.5. The molecule has 8 nitrogen and oxygen atoms in total. The summed E-state index contributed by atoms with van der Waals surface area (Å²) in [6.45, 7) is 5.39. The van der Waals surface area contributed by atoms with Gasteiger partial charge in [-0.3, -0.25) is 20.8 Å². The molecule has 1 amide bonds. The second-order valence-corrected chi connectivity index (χ2v) is 5.26. The van der Waals surface area contributed by atoms with Crippen LogP contribution in [-0.4, -0.2) is 39.5 Å². The van der Waals surface area contributed by atoms with Crippen LogP contribution in [0, 0.1) is 10.1 Å². The van der Waals surface area contributed by atoms with Crippen molar-refractivity contribution in [2.75, 3.05) is 18.5 Å². The van der Waals surface area contributed by atoms with Gasteiger partial charge in [0.25, 0.3) is 11.6 Å². The standard InChI is InChI=1S/C13H20N4O4/c1-4-16(8-13(2,3)19)12(18)10-7-9(17(20)21)5-6-11(10)15-14/h5-7,15,19H,4,8,14H2,1-3H3. The molecule has 0 spiro atoms. The fourth-order valence-corrected chi connectivity index (χ4v) is 1.91.